The van der Waals surface area contributed by atoms with Gasteiger partial charge < -0.3 is 47.4 Å². The molecule has 0 N–H and O–H groups in total. The van der Waals surface area contributed by atoms with Gasteiger partial charge in [0.15, 0.2) is 23.0 Å². The second-order valence-corrected chi connectivity index (χ2v) is 13.9. The Morgan fingerprint density at radius 2 is 0.517 bits per heavy atom. The Kier molecular flexibility index (Phi) is 10.7. The minimum atomic E-state index is 0.343. The molecule has 0 bridgehead atoms. The maximum atomic E-state index is 6.20. The van der Waals surface area contributed by atoms with Crippen molar-refractivity contribution in [1.29, 1.82) is 0 Å². The van der Waals surface area contributed by atoms with Gasteiger partial charge in [-0.05, 0) is 0 Å². The van der Waals surface area contributed by atoms with Crippen molar-refractivity contribution in [3.8, 4) is 23.0 Å². The first-order valence-corrected chi connectivity index (χ1v) is 19.8. The van der Waals surface area contributed by atoms with E-state index in [0.29, 0.717) is 151 Å². The Hall–Kier alpha value is -5.48. The first-order valence-electron chi connectivity index (χ1n) is 19.8. The molecule has 0 amide bonds. The third-order valence-electron chi connectivity index (χ3n) is 10.3. The molecule has 6 aromatic carbocycles. The van der Waals surface area contributed by atoms with E-state index in [0.717, 1.165) is 54.4 Å². The quantitative estimate of drug-likeness (QED) is 0.123. The van der Waals surface area contributed by atoms with E-state index in [1.165, 1.54) is 0 Å². The fourth-order valence-corrected chi connectivity index (χ4v) is 7.69. The van der Waals surface area contributed by atoms with Gasteiger partial charge in [0.25, 0.3) is 0 Å². The molecule has 8 aromatic rings. The van der Waals surface area contributed by atoms with Crippen molar-refractivity contribution >= 4 is 76.5 Å². The van der Waals surface area contributed by atoms with Gasteiger partial charge in [-0.15, -0.1) is 0 Å². The summed E-state index contributed by atoms with van der Waals surface area (Å²) in [6, 6.07) is 20.1. The van der Waals surface area contributed by atoms with Crippen molar-refractivity contribution in [2.45, 2.75) is 0 Å². The molecule has 2 aliphatic heterocycles. The predicted molar refractivity (Wildman–Crippen MR) is 218 cm³/mol. The predicted octanol–water partition coefficient (Wildman–Crippen LogP) is 6.42. The lowest BCUT2D eigenvalue weighted by atomic mass is 9.91. The molecule has 0 unspecified atom stereocenters. The van der Waals surface area contributed by atoms with Crippen LogP contribution in [0.2, 0.25) is 0 Å². The molecule has 0 fully saturated rings. The molecule has 298 valence electrons. The van der Waals surface area contributed by atoms with Crippen LogP contribution in [0, 0.1) is 0 Å². The van der Waals surface area contributed by atoms with Crippen LogP contribution in [-0.4, -0.2) is 126 Å². The lowest BCUT2D eigenvalue weighted by Crippen LogP contribution is -2.13. The second kappa shape index (κ2) is 16.8. The summed E-state index contributed by atoms with van der Waals surface area (Å²) in [5.74, 6) is 2.27. The SMILES string of the molecule is c1cc2c3nc4cc5c(cc4nc3c3cccc4c6nc7cc8c(cc7nc6c(c1)c2c34)OCCOCCOCCOCCO8)OCCOCCOCCOCCO5. The van der Waals surface area contributed by atoms with Gasteiger partial charge in [0, 0.05) is 56.6 Å². The molecule has 0 saturated carbocycles. The van der Waals surface area contributed by atoms with Gasteiger partial charge in [-0.25, -0.2) is 19.9 Å². The highest BCUT2D eigenvalue weighted by atomic mass is 16.6. The zero-order valence-electron chi connectivity index (χ0n) is 32.0. The summed E-state index contributed by atoms with van der Waals surface area (Å²) in [6.07, 6.45) is 0. The van der Waals surface area contributed by atoms with Gasteiger partial charge >= 0.3 is 0 Å². The van der Waals surface area contributed by atoms with Crippen molar-refractivity contribution in [2.75, 3.05) is 106 Å². The zero-order chi connectivity index (χ0) is 38.7. The van der Waals surface area contributed by atoms with Crippen molar-refractivity contribution in [2.24, 2.45) is 0 Å². The molecule has 4 heterocycles. The summed E-state index contributed by atoms with van der Waals surface area (Å²) >= 11 is 0. The molecule has 58 heavy (non-hydrogen) atoms. The number of aromatic nitrogens is 4. The highest BCUT2D eigenvalue weighted by molar-refractivity contribution is 6.38. The van der Waals surface area contributed by atoms with Crippen molar-refractivity contribution < 1.29 is 47.4 Å². The Labute approximate surface area is 332 Å². The number of hydrogen-bond donors (Lipinski definition) is 0. The molecular formula is C44H42N4O10. The topological polar surface area (TPSA) is 144 Å². The minimum absolute atomic E-state index is 0.343. The van der Waals surface area contributed by atoms with Crippen LogP contribution >= 0.6 is 0 Å². The number of hydrogen-bond acceptors (Lipinski definition) is 14. The highest BCUT2D eigenvalue weighted by Crippen LogP contribution is 2.45. The lowest BCUT2D eigenvalue weighted by Gasteiger charge is -2.18. The van der Waals surface area contributed by atoms with E-state index >= 15 is 0 Å². The number of ether oxygens (including phenoxy) is 10. The largest absolute Gasteiger partial charge is 0.487 e. The van der Waals surface area contributed by atoms with Crippen molar-refractivity contribution in [3.05, 3.63) is 60.7 Å². The summed E-state index contributed by atoms with van der Waals surface area (Å²) < 4.78 is 58.7. The van der Waals surface area contributed by atoms with E-state index in [1.807, 2.05) is 36.4 Å². The van der Waals surface area contributed by atoms with Crippen molar-refractivity contribution in [1.82, 2.24) is 19.9 Å². The first kappa shape index (κ1) is 36.8. The average Bonchev–Trinajstić information content (AvgIpc) is 3.26. The first-order chi connectivity index (χ1) is 28.8. The third kappa shape index (κ3) is 7.27. The molecule has 10 rings (SSSR count). The van der Waals surface area contributed by atoms with Crippen LogP contribution < -0.4 is 18.9 Å². The number of nitrogens with zero attached hydrogens (tertiary/aromatic N) is 4. The zero-order valence-corrected chi connectivity index (χ0v) is 32.0. The maximum Gasteiger partial charge on any atom is 0.163 e. The van der Waals surface area contributed by atoms with E-state index in [9.17, 15) is 0 Å². The van der Waals surface area contributed by atoms with Crippen LogP contribution in [0.25, 0.3) is 76.5 Å². The van der Waals surface area contributed by atoms with Crippen LogP contribution in [0.15, 0.2) is 60.7 Å². The number of benzene rings is 6. The summed E-state index contributed by atoms with van der Waals surface area (Å²) in [7, 11) is 0. The minimum Gasteiger partial charge on any atom is -0.487 e. The van der Waals surface area contributed by atoms with Crippen LogP contribution in [-0.2, 0) is 28.4 Å². The van der Waals surface area contributed by atoms with Gasteiger partial charge in [0.05, 0.1) is 123 Å². The highest BCUT2D eigenvalue weighted by Gasteiger charge is 2.22. The van der Waals surface area contributed by atoms with E-state index in [-0.39, 0.29) is 0 Å². The molecule has 2 aliphatic rings. The van der Waals surface area contributed by atoms with Crippen LogP contribution in [0.1, 0.15) is 0 Å². The van der Waals surface area contributed by atoms with Gasteiger partial charge in [-0.2, -0.15) is 0 Å². The fraction of sp³-hybridized carbons (Fsp3) is 0.364. The van der Waals surface area contributed by atoms with E-state index in [2.05, 4.69) is 24.3 Å². The standard InChI is InChI=1S/C44H42N4O10/c1-3-27-39-28(4-1)42-44(48-34-26-38-36(24-32(34)46-42)56-20-16-52-12-8-50-10-14-54-18-22-58-38)30-6-2-5-29(40(30)39)43-41(27)45-31-23-35-37(25-33(31)47-43)57-21-17-53-13-9-49-7-11-51-15-19-55-35/h1-6,23-26H,7-22H2. The Morgan fingerprint density at radius 3 is 0.759 bits per heavy atom. The maximum absolute atomic E-state index is 6.20. The molecule has 14 heteroatoms. The second-order valence-electron chi connectivity index (χ2n) is 13.9. The molecule has 0 atom stereocenters. The molecule has 0 aliphatic carbocycles. The Bertz CT molecular complexity index is 2390. The monoisotopic (exact) mass is 786 g/mol. The van der Waals surface area contributed by atoms with E-state index < -0.39 is 0 Å². The lowest BCUT2D eigenvalue weighted by molar-refractivity contribution is 0.00708. The van der Waals surface area contributed by atoms with Crippen molar-refractivity contribution in [3.63, 3.8) is 0 Å². The molecular weight excluding hydrogens is 745 g/mol. The smallest absolute Gasteiger partial charge is 0.163 e. The number of fused-ring (bicyclic) bond motifs is 10. The third-order valence-corrected chi connectivity index (χ3v) is 10.3. The van der Waals surface area contributed by atoms with E-state index in [4.69, 9.17) is 67.3 Å². The molecule has 0 radical (unpaired) electrons. The van der Waals surface area contributed by atoms with Gasteiger partial charge in [-0.3, -0.25) is 0 Å². The summed E-state index contributed by atoms with van der Waals surface area (Å²) in [5.41, 5.74) is 5.88. The van der Waals surface area contributed by atoms with Gasteiger partial charge in [-0.1, -0.05) is 36.4 Å². The number of rotatable bonds is 0. The molecule has 0 saturated heterocycles. The molecule has 0 spiro atoms. The summed E-state index contributed by atoms with van der Waals surface area (Å²) in [5, 5.41) is 6.00. The molecule has 14 nitrogen and oxygen atoms in total. The normalized spacial score (nSPS) is 17.7. The average molecular weight is 787 g/mol. The van der Waals surface area contributed by atoms with Gasteiger partial charge in [0.1, 0.15) is 26.4 Å². The molecule has 2 aromatic heterocycles. The van der Waals surface area contributed by atoms with Gasteiger partial charge in [0.2, 0.25) is 0 Å². The fourth-order valence-electron chi connectivity index (χ4n) is 7.69. The summed E-state index contributed by atoms with van der Waals surface area (Å²) in [6.45, 7) is 6.92. The van der Waals surface area contributed by atoms with Crippen LogP contribution in [0.4, 0.5) is 0 Å². The van der Waals surface area contributed by atoms with E-state index in [1.54, 1.807) is 0 Å². The Balaban J connectivity index is 1.11. The van der Waals surface area contributed by atoms with Crippen LogP contribution in [0.5, 0.6) is 23.0 Å². The Morgan fingerprint density at radius 1 is 0.293 bits per heavy atom. The summed E-state index contributed by atoms with van der Waals surface area (Å²) in [4.78, 5) is 21.1. The van der Waals surface area contributed by atoms with Crippen LogP contribution in [0.3, 0.4) is 0 Å².